The van der Waals surface area contributed by atoms with Gasteiger partial charge in [-0.3, -0.25) is 0 Å². The number of hydrogen-bond acceptors (Lipinski definition) is 2. The van der Waals surface area contributed by atoms with Crippen molar-refractivity contribution in [1.29, 1.82) is 0 Å². The molecule has 0 bridgehead atoms. The van der Waals surface area contributed by atoms with Crippen LogP contribution in [0.2, 0.25) is 5.02 Å². The van der Waals surface area contributed by atoms with Crippen LogP contribution in [0.4, 0.5) is 0 Å². The molecule has 0 saturated heterocycles. The predicted octanol–water partition coefficient (Wildman–Crippen LogP) is 3.79. The molecule has 1 N–H and O–H groups in total. The second-order valence-corrected chi connectivity index (χ2v) is 4.95. The zero-order chi connectivity index (χ0) is 12.0. The molecule has 0 aliphatic rings. The van der Waals surface area contributed by atoms with Crippen molar-refractivity contribution in [3.05, 3.63) is 33.3 Å². The minimum Gasteiger partial charge on any atom is -0.383 e. The van der Waals surface area contributed by atoms with E-state index in [1.165, 1.54) is 0 Å². The molecule has 0 saturated carbocycles. The summed E-state index contributed by atoms with van der Waals surface area (Å²) in [6, 6.07) is 6.09. The minimum atomic E-state index is 0.158. The number of ether oxygens (including phenoxy) is 1. The first kappa shape index (κ1) is 14.0. The summed E-state index contributed by atoms with van der Waals surface area (Å²) in [4.78, 5) is 0. The van der Waals surface area contributed by atoms with Crippen LogP contribution >= 0.6 is 27.5 Å². The lowest BCUT2D eigenvalue weighted by molar-refractivity contribution is 0.167. The SMILES string of the molecule is CCCNC(COC)c1ccc(Br)cc1Cl. The first-order chi connectivity index (χ1) is 7.69. The third-order valence-electron chi connectivity index (χ3n) is 2.31. The van der Waals surface area contributed by atoms with E-state index in [9.17, 15) is 0 Å². The van der Waals surface area contributed by atoms with Crippen LogP contribution in [0.1, 0.15) is 24.9 Å². The summed E-state index contributed by atoms with van der Waals surface area (Å²) in [6.45, 7) is 3.72. The lowest BCUT2D eigenvalue weighted by Crippen LogP contribution is -2.26. The molecule has 16 heavy (non-hydrogen) atoms. The van der Waals surface area contributed by atoms with Crippen molar-refractivity contribution in [2.24, 2.45) is 0 Å². The van der Waals surface area contributed by atoms with E-state index in [1.54, 1.807) is 7.11 Å². The topological polar surface area (TPSA) is 21.3 Å². The molecule has 0 radical (unpaired) electrons. The van der Waals surface area contributed by atoms with Gasteiger partial charge < -0.3 is 10.1 Å². The van der Waals surface area contributed by atoms with Crippen molar-refractivity contribution in [3.8, 4) is 0 Å². The Morgan fingerprint density at radius 3 is 2.81 bits per heavy atom. The maximum Gasteiger partial charge on any atom is 0.0658 e. The molecule has 0 heterocycles. The lowest BCUT2D eigenvalue weighted by Gasteiger charge is -2.19. The summed E-state index contributed by atoms with van der Waals surface area (Å²) in [5, 5.41) is 4.19. The fourth-order valence-corrected chi connectivity index (χ4v) is 2.33. The van der Waals surface area contributed by atoms with Crippen LogP contribution in [0.3, 0.4) is 0 Å². The van der Waals surface area contributed by atoms with E-state index in [0.717, 1.165) is 28.0 Å². The fourth-order valence-electron chi connectivity index (χ4n) is 1.53. The molecule has 0 amide bonds. The van der Waals surface area contributed by atoms with Gasteiger partial charge in [-0.15, -0.1) is 0 Å². The van der Waals surface area contributed by atoms with E-state index in [2.05, 4.69) is 28.2 Å². The molecule has 0 aromatic heterocycles. The predicted molar refractivity (Wildman–Crippen MR) is 72.1 cm³/mol. The second-order valence-electron chi connectivity index (χ2n) is 3.63. The highest BCUT2D eigenvalue weighted by molar-refractivity contribution is 9.10. The van der Waals surface area contributed by atoms with Gasteiger partial charge in [0.1, 0.15) is 0 Å². The normalized spacial score (nSPS) is 12.8. The first-order valence-corrected chi connectivity index (χ1v) is 6.53. The van der Waals surface area contributed by atoms with Crippen molar-refractivity contribution in [1.82, 2.24) is 5.32 Å². The highest BCUT2D eigenvalue weighted by atomic mass is 79.9. The van der Waals surface area contributed by atoms with Gasteiger partial charge in [-0.05, 0) is 30.7 Å². The number of halogens is 2. The first-order valence-electron chi connectivity index (χ1n) is 5.36. The highest BCUT2D eigenvalue weighted by Gasteiger charge is 2.13. The van der Waals surface area contributed by atoms with Gasteiger partial charge in [0.15, 0.2) is 0 Å². The van der Waals surface area contributed by atoms with Crippen LogP contribution in [0.5, 0.6) is 0 Å². The minimum absolute atomic E-state index is 0.158. The number of benzene rings is 1. The molecule has 90 valence electrons. The number of nitrogens with one attached hydrogen (secondary N) is 1. The monoisotopic (exact) mass is 305 g/mol. The molecular weight excluding hydrogens is 289 g/mol. The Kier molecular flexibility index (Phi) is 6.36. The van der Waals surface area contributed by atoms with E-state index in [-0.39, 0.29) is 6.04 Å². The summed E-state index contributed by atoms with van der Waals surface area (Å²) in [5.74, 6) is 0. The van der Waals surface area contributed by atoms with Gasteiger partial charge in [-0.25, -0.2) is 0 Å². The van der Waals surface area contributed by atoms with Crippen LogP contribution in [-0.4, -0.2) is 20.3 Å². The van der Waals surface area contributed by atoms with E-state index < -0.39 is 0 Å². The van der Waals surface area contributed by atoms with Crippen LogP contribution in [-0.2, 0) is 4.74 Å². The number of rotatable bonds is 6. The van der Waals surface area contributed by atoms with Crippen LogP contribution < -0.4 is 5.32 Å². The molecule has 1 unspecified atom stereocenters. The third kappa shape index (κ3) is 4.06. The molecule has 0 aliphatic carbocycles. The molecular formula is C12H17BrClNO. The zero-order valence-electron chi connectivity index (χ0n) is 9.59. The number of methoxy groups -OCH3 is 1. The van der Waals surface area contributed by atoms with E-state index in [4.69, 9.17) is 16.3 Å². The average molecular weight is 307 g/mol. The molecule has 4 heteroatoms. The molecule has 1 aromatic carbocycles. The van der Waals surface area contributed by atoms with Crippen LogP contribution in [0, 0.1) is 0 Å². The van der Waals surface area contributed by atoms with Gasteiger partial charge in [0.25, 0.3) is 0 Å². The Morgan fingerprint density at radius 2 is 2.25 bits per heavy atom. The molecule has 0 aliphatic heterocycles. The van der Waals surface area contributed by atoms with Gasteiger partial charge in [0, 0.05) is 16.6 Å². The van der Waals surface area contributed by atoms with E-state index in [1.807, 2.05) is 18.2 Å². The average Bonchev–Trinajstić information content (AvgIpc) is 2.25. The molecule has 0 spiro atoms. The second kappa shape index (κ2) is 7.28. The van der Waals surface area contributed by atoms with Gasteiger partial charge in [0.2, 0.25) is 0 Å². The van der Waals surface area contributed by atoms with Crippen LogP contribution in [0.15, 0.2) is 22.7 Å². The van der Waals surface area contributed by atoms with Crippen molar-refractivity contribution < 1.29 is 4.74 Å². The lowest BCUT2D eigenvalue weighted by atomic mass is 10.1. The Morgan fingerprint density at radius 1 is 1.50 bits per heavy atom. The summed E-state index contributed by atoms with van der Waals surface area (Å²) in [6.07, 6.45) is 1.09. The zero-order valence-corrected chi connectivity index (χ0v) is 11.9. The standard InChI is InChI=1S/C12H17BrClNO/c1-3-6-15-12(8-16-2)10-5-4-9(13)7-11(10)14/h4-5,7,12,15H,3,6,8H2,1-2H3. The molecule has 1 aromatic rings. The Hall–Kier alpha value is -0.0900. The Labute approximate surface area is 110 Å². The van der Waals surface area contributed by atoms with E-state index >= 15 is 0 Å². The van der Waals surface area contributed by atoms with Crippen molar-refractivity contribution in [3.63, 3.8) is 0 Å². The highest BCUT2D eigenvalue weighted by Crippen LogP contribution is 2.26. The number of hydrogen-bond donors (Lipinski definition) is 1. The van der Waals surface area contributed by atoms with Crippen molar-refractivity contribution >= 4 is 27.5 Å². The van der Waals surface area contributed by atoms with Crippen molar-refractivity contribution in [2.45, 2.75) is 19.4 Å². The van der Waals surface area contributed by atoms with Gasteiger partial charge in [0.05, 0.1) is 12.6 Å². The summed E-state index contributed by atoms with van der Waals surface area (Å²) < 4.78 is 6.20. The van der Waals surface area contributed by atoms with Gasteiger partial charge in [-0.2, -0.15) is 0 Å². The molecule has 2 nitrogen and oxygen atoms in total. The Balaban J connectivity index is 2.82. The summed E-state index contributed by atoms with van der Waals surface area (Å²) in [5.41, 5.74) is 1.08. The molecule has 0 fully saturated rings. The fraction of sp³-hybridized carbons (Fsp3) is 0.500. The van der Waals surface area contributed by atoms with E-state index in [0.29, 0.717) is 6.61 Å². The smallest absolute Gasteiger partial charge is 0.0658 e. The van der Waals surface area contributed by atoms with Crippen molar-refractivity contribution in [2.75, 3.05) is 20.3 Å². The Bertz CT molecular complexity index is 333. The van der Waals surface area contributed by atoms with Gasteiger partial charge in [-0.1, -0.05) is 40.5 Å². The quantitative estimate of drug-likeness (QED) is 0.863. The molecule has 1 atom stereocenters. The largest absolute Gasteiger partial charge is 0.383 e. The third-order valence-corrected chi connectivity index (χ3v) is 3.13. The van der Waals surface area contributed by atoms with Gasteiger partial charge >= 0.3 is 0 Å². The van der Waals surface area contributed by atoms with Crippen LogP contribution in [0.25, 0.3) is 0 Å². The molecule has 1 rings (SSSR count). The summed E-state index contributed by atoms with van der Waals surface area (Å²) in [7, 11) is 1.70. The maximum atomic E-state index is 6.21. The summed E-state index contributed by atoms with van der Waals surface area (Å²) >= 11 is 9.61. The maximum absolute atomic E-state index is 6.21.